The van der Waals surface area contributed by atoms with Crippen molar-refractivity contribution in [1.29, 1.82) is 0 Å². The fourth-order valence-electron chi connectivity index (χ4n) is 2.45. The third kappa shape index (κ3) is 5.80. The van der Waals surface area contributed by atoms with Crippen molar-refractivity contribution in [3.8, 4) is 17.2 Å². The zero-order chi connectivity index (χ0) is 21.5. The predicted octanol–water partition coefficient (Wildman–Crippen LogP) is 4.17. The Kier molecular flexibility index (Phi) is 7.42. The minimum atomic E-state index is -0.418. The predicted molar refractivity (Wildman–Crippen MR) is 116 cm³/mol. The summed E-state index contributed by atoms with van der Waals surface area (Å²) in [6.45, 7) is 2.00. The Morgan fingerprint density at radius 1 is 1.17 bits per heavy atom. The number of carbonyl (C=O) groups excluding carboxylic acids is 1. The van der Waals surface area contributed by atoms with Crippen molar-refractivity contribution >= 4 is 35.0 Å². The third-order valence-corrected chi connectivity index (χ3v) is 5.22. The molecule has 0 saturated heterocycles. The summed E-state index contributed by atoms with van der Waals surface area (Å²) >= 11 is 7.09. The Labute approximate surface area is 183 Å². The summed E-state index contributed by atoms with van der Waals surface area (Å²) in [6, 6.07) is 12.2. The molecule has 0 fully saturated rings. The van der Waals surface area contributed by atoms with Crippen LogP contribution >= 0.6 is 23.4 Å². The second-order valence-corrected chi connectivity index (χ2v) is 7.87. The van der Waals surface area contributed by atoms with Crippen molar-refractivity contribution in [3.63, 3.8) is 0 Å². The number of nitrogens with one attached hydrogen (secondary N) is 2. The van der Waals surface area contributed by atoms with E-state index < -0.39 is 5.25 Å². The molecule has 0 aliphatic heterocycles. The van der Waals surface area contributed by atoms with Crippen LogP contribution in [0.15, 0.2) is 47.6 Å². The standard InChI is InChI=1S/C20H21ClN4O4S/c1-12(19(26)22-14-6-9-16(27-2)17(10-14)28-3)30-20-23-18(24-25-20)11-29-15-7-4-13(21)5-8-15/h4-10,12H,11H2,1-3H3,(H,22,26)(H,23,24,25). The molecule has 1 heterocycles. The number of hydrogen-bond donors (Lipinski definition) is 2. The number of carbonyl (C=O) groups is 1. The van der Waals surface area contributed by atoms with Crippen molar-refractivity contribution in [3.05, 3.63) is 53.3 Å². The highest BCUT2D eigenvalue weighted by Gasteiger charge is 2.18. The van der Waals surface area contributed by atoms with Crippen LogP contribution in [0, 0.1) is 0 Å². The summed E-state index contributed by atoms with van der Waals surface area (Å²) < 4.78 is 16.1. The molecule has 0 radical (unpaired) electrons. The zero-order valence-electron chi connectivity index (χ0n) is 16.6. The molecule has 3 aromatic rings. The van der Waals surface area contributed by atoms with Gasteiger partial charge >= 0.3 is 0 Å². The van der Waals surface area contributed by atoms with E-state index in [0.29, 0.717) is 38.9 Å². The number of benzene rings is 2. The number of rotatable bonds is 9. The van der Waals surface area contributed by atoms with Gasteiger partial charge in [0.2, 0.25) is 11.1 Å². The molecule has 0 bridgehead atoms. The molecule has 1 atom stereocenters. The van der Waals surface area contributed by atoms with E-state index in [0.717, 1.165) is 0 Å². The number of thioether (sulfide) groups is 1. The van der Waals surface area contributed by atoms with E-state index in [9.17, 15) is 4.79 Å². The average molecular weight is 449 g/mol. The quantitative estimate of drug-likeness (QED) is 0.474. The summed E-state index contributed by atoms with van der Waals surface area (Å²) in [5.41, 5.74) is 0.608. The van der Waals surface area contributed by atoms with E-state index in [1.165, 1.54) is 11.8 Å². The van der Waals surface area contributed by atoms with Crippen LogP contribution in [0.4, 0.5) is 5.69 Å². The van der Waals surface area contributed by atoms with Crippen molar-refractivity contribution < 1.29 is 19.0 Å². The molecule has 1 aromatic heterocycles. The highest BCUT2D eigenvalue weighted by molar-refractivity contribution is 8.00. The number of ether oxygens (including phenoxy) is 3. The Hall–Kier alpha value is -2.91. The molecule has 8 nitrogen and oxygen atoms in total. The Morgan fingerprint density at radius 2 is 1.90 bits per heavy atom. The first-order valence-electron chi connectivity index (χ1n) is 8.97. The highest BCUT2D eigenvalue weighted by Crippen LogP contribution is 2.30. The minimum absolute atomic E-state index is 0.184. The molecule has 3 rings (SSSR count). The number of amides is 1. The minimum Gasteiger partial charge on any atom is -0.493 e. The van der Waals surface area contributed by atoms with Gasteiger partial charge in [-0.15, -0.1) is 5.10 Å². The topological polar surface area (TPSA) is 98.4 Å². The SMILES string of the molecule is COc1ccc(NC(=O)C(C)Sc2n[nH]c(COc3ccc(Cl)cc3)n2)cc1OC. The van der Waals surface area contributed by atoms with Crippen molar-refractivity contribution in [2.75, 3.05) is 19.5 Å². The summed E-state index contributed by atoms with van der Waals surface area (Å²) in [6.07, 6.45) is 0. The van der Waals surface area contributed by atoms with E-state index in [2.05, 4.69) is 20.5 Å². The average Bonchev–Trinajstić information content (AvgIpc) is 3.20. The highest BCUT2D eigenvalue weighted by atomic mass is 35.5. The number of hydrogen-bond acceptors (Lipinski definition) is 7. The normalized spacial score (nSPS) is 11.6. The van der Waals surface area contributed by atoms with Crippen LogP contribution in [0.1, 0.15) is 12.7 Å². The molecule has 1 unspecified atom stereocenters. The molecule has 0 aliphatic rings. The molecule has 2 aromatic carbocycles. The monoisotopic (exact) mass is 448 g/mol. The lowest BCUT2D eigenvalue weighted by molar-refractivity contribution is -0.115. The largest absolute Gasteiger partial charge is 0.493 e. The van der Waals surface area contributed by atoms with Gasteiger partial charge in [0.05, 0.1) is 19.5 Å². The van der Waals surface area contributed by atoms with Gasteiger partial charge in [-0.05, 0) is 43.3 Å². The summed E-state index contributed by atoms with van der Waals surface area (Å²) in [7, 11) is 3.10. The molecular formula is C20H21ClN4O4S. The maximum Gasteiger partial charge on any atom is 0.237 e. The van der Waals surface area contributed by atoms with Crippen LogP contribution in [-0.4, -0.2) is 40.6 Å². The van der Waals surface area contributed by atoms with Gasteiger partial charge < -0.3 is 19.5 Å². The zero-order valence-corrected chi connectivity index (χ0v) is 18.2. The fraction of sp³-hybridized carbons (Fsp3) is 0.250. The molecular weight excluding hydrogens is 428 g/mol. The summed E-state index contributed by atoms with van der Waals surface area (Å²) in [5.74, 6) is 2.17. The van der Waals surface area contributed by atoms with Crippen molar-refractivity contribution in [1.82, 2.24) is 15.2 Å². The number of aromatic nitrogens is 3. The van der Waals surface area contributed by atoms with Crippen molar-refractivity contribution in [2.45, 2.75) is 23.9 Å². The van der Waals surface area contributed by atoms with Crippen LogP contribution in [0.25, 0.3) is 0 Å². The maximum atomic E-state index is 12.5. The lowest BCUT2D eigenvalue weighted by atomic mass is 10.2. The third-order valence-electron chi connectivity index (χ3n) is 4.00. The van der Waals surface area contributed by atoms with Gasteiger partial charge in [0.1, 0.15) is 12.4 Å². The second kappa shape index (κ2) is 10.2. The van der Waals surface area contributed by atoms with Crippen LogP contribution in [0.3, 0.4) is 0 Å². The summed E-state index contributed by atoms with van der Waals surface area (Å²) in [4.78, 5) is 16.9. The van der Waals surface area contributed by atoms with Gasteiger partial charge in [0.15, 0.2) is 17.3 Å². The van der Waals surface area contributed by atoms with Gasteiger partial charge in [-0.25, -0.2) is 4.98 Å². The van der Waals surface area contributed by atoms with Crippen LogP contribution < -0.4 is 19.5 Å². The molecule has 0 saturated carbocycles. The molecule has 0 aliphatic carbocycles. The van der Waals surface area contributed by atoms with Gasteiger partial charge in [0, 0.05) is 16.8 Å². The van der Waals surface area contributed by atoms with Crippen molar-refractivity contribution in [2.24, 2.45) is 0 Å². The first-order chi connectivity index (χ1) is 14.5. The van der Waals surface area contributed by atoms with E-state index in [1.807, 2.05) is 0 Å². The van der Waals surface area contributed by atoms with Crippen LogP contribution in [0.5, 0.6) is 17.2 Å². The number of halogens is 1. The lowest BCUT2D eigenvalue weighted by Gasteiger charge is -2.12. The van der Waals surface area contributed by atoms with E-state index in [-0.39, 0.29) is 12.5 Å². The van der Waals surface area contributed by atoms with Gasteiger partial charge in [-0.1, -0.05) is 23.4 Å². The Bertz CT molecular complexity index is 997. The molecule has 10 heteroatoms. The lowest BCUT2D eigenvalue weighted by Crippen LogP contribution is -2.22. The second-order valence-electron chi connectivity index (χ2n) is 6.13. The van der Waals surface area contributed by atoms with E-state index in [1.54, 1.807) is 63.6 Å². The number of methoxy groups -OCH3 is 2. The number of aromatic amines is 1. The molecule has 1 amide bonds. The smallest absolute Gasteiger partial charge is 0.237 e. The number of H-pyrrole nitrogens is 1. The van der Waals surface area contributed by atoms with E-state index in [4.69, 9.17) is 25.8 Å². The van der Waals surface area contributed by atoms with Crippen LogP contribution in [-0.2, 0) is 11.4 Å². The number of nitrogens with zero attached hydrogens (tertiary/aromatic N) is 2. The first kappa shape index (κ1) is 21.8. The first-order valence-corrected chi connectivity index (χ1v) is 10.2. The van der Waals surface area contributed by atoms with Gasteiger partial charge in [0.25, 0.3) is 0 Å². The number of anilines is 1. The van der Waals surface area contributed by atoms with E-state index >= 15 is 0 Å². The maximum absolute atomic E-state index is 12.5. The Morgan fingerprint density at radius 3 is 2.60 bits per heavy atom. The Balaban J connectivity index is 1.53. The molecule has 30 heavy (non-hydrogen) atoms. The van der Waals surface area contributed by atoms with Gasteiger partial charge in [-0.3, -0.25) is 9.89 Å². The van der Waals surface area contributed by atoms with Gasteiger partial charge in [-0.2, -0.15) is 0 Å². The molecule has 158 valence electrons. The summed E-state index contributed by atoms with van der Waals surface area (Å²) in [5, 5.41) is 10.5. The fourth-order valence-corrected chi connectivity index (χ4v) is 3.32. The molecule has 2 N–H and O–H groups in total. The molecule has 0 spiro atoms. The van der Waals surface area contributed by atoms with Crippen LogP contribution in [0.2, 0.25) is 5.02 Å².